The molecule has 1 aromatic heterocycles. The predicted octanol–water partition coefficient (Wildman–Crippen LogP) is 8.90. The maximum absolute atomic E-state index is 14.4. The molecule has 0 radical (unpaired) electrons. The molecule has 0 spiro atoms. The lowest BCUT2D eigenvalue weighted by atomic mass is 9.90. The zero-order chi connectivity index (χ0) is 29.9. The molecule has 4 aromatic rings. The number of aliphatic hydroxyl groups is 1. The van der Waals surface area contributed by atoms with Crippen LogP contribution in [0.1, 0.15) is 66.3 Å². The molecule has 1 aliphatic rings. The smallest absolute Gasteiger partial charge is 0.304 e. The van der Waals surface area contributed by atoms with Gasteiger partial charge in [-0.1, -0.05) is 78.3 Å². The van der Waals surface area contributed by atoms with E-state index >= 15 is 0 Å². The van der Waals surface area contributed by atoms with Gasteiger partial charge >= 0.3 is 5.97 Å². The molecule has 218 valence electrons. The van der Waals surface area contributed by atoms with Gasteiger partial charge in [0, 0.05) is 26.8 Å². The predicted molar refractivity (Wildman–Crippen MR) is 172 cm³/mol. The minimum Gasteiger partial charge on any atom is -0.481 e. The second-order valence-electron chi connectivity index (χ2n) is 11.7. The number of benzene rings is 3. The number of nitrogens with zero attached hydrogens (tertiary/aromatic N) is 1. The summed E-state index contributed by atoms with van der Waals surface area (Å²) in [6.45, 7) is 3.58. The molecule has 0 aliphatic heterocycles. The molecule has 1 saturated carbocycles. The molecule has 4 nitrogen and oxygen atoms in total. The maximum Gasteiger partial charge on any atom is 0.304 e. The highest BCUT2D eigenvalue weighted by molar-refractivity contribution is 7.99. The van der Waals surface area contributed by atoms with Gasteiger partial charge in [-0.25, -0.2) is 9.37 Å². The topological polar surface area (TPSA) is 70.4 Å². The Bertz CT molecular complexity index is 1620. The van der Waals surface area contributed by atoms with Gasteiger partial charge in [-0.15, -0.1) is 0 Å². The van der Waals surface area contributed by atoms with Crippen LogP contribution < -0.4 is 0 Å². The Labute approximate surface area is 255 Å². The summed E-state index contributed by atoms with van der Waals surface area (Å²) in [4.78, 5) is 16.2. The van der Waals surface area contributed by atoms with Crippen LogP contribution in [0, 0.1) is 5.41 Å². The molecule has 0 amide bonds. The van der Waals surface area contributed by atoms with Gasteiger partial charge in [-0.2, -0.15) is 11.8 Å². The number of aryl methyl sites for hydroxylation is 1. The van der Waals surface area contributed by atoms with Crippen LogP contribution in [-0.4, -0.2) is 33.1 Å². The number of aromatic nitrogens is 1. The molecule has 0 saturated heterocycles. The zero-order valence-corrected chi connectivity index (χ0v) is 25.3. The van der Waals surface area contributed by atoms with Crippen LogP contribution in [0.4, 0.5) is 4.39 Å². The van der Waals surface area contributed by atoms with E-state index in [9.17, 15) is 19.4 Å². The molecule has 42 heavy (non-hydrogen) atoms. The van der Waals surface area contributed by atoms with Crippen LogP contribution in [0.5, 0.6) is 0 Å². The van der Waals surface area contributed by atoms with E-state index < -0.39 is 23.2 Å². The van der Waals surface area contributed by atoms with Crippen molar-refractivity contribution in [1.82, 2.24) is 4.98 Å². The normalized spacial score (nSPS) is 19.3. The number of carbonyl (C=O) groups is 1. The van der Waals surface area contributed by atoms with Crippen LogP contribution in [0.25, 0.3) is 23.1 Å². The average molecular weight is 604 g/mol. The van der Waals surface area contributed by atoms with Gasteiger partial charge in [0.1, 0.15) is 6.17 Å². The lowest BCUT2D eigenvalue weighted by molar-refractivity contribution is -0.138. The monoisotopic (exact) mass is 603 g/mol. The number of rotatable bonds is 12. The summed E-state index contributed by atoms with van der Waals surface area (Å²) in [6, 6.07) is 25.8. The Hall–Kier alpha value is -3.19. The molecule has 3 atom stereocenters. The maximum atomic E-state index is 14.4. The van der Waals surface area contributed by atoms with Crippen LogP contribution in [0.3, 0.4) is 0 Å². The van der Waals surface area contributed by atoms with Gasteiger partial charge in [0.25, 0.3) is 0 Å². The highest BCUT2D eigenvalue weighted by Crippen LogP contribution is 2.55. The molecular weight excluding hydrogens is 569 g/mol. The number of hydrogen-bond acceptors (Lipinski definition) is 4. The SMILES string of the molecule is CC(C)(O)c1ccccc1CC[C@@H](SCC1(CC(=O)O)C[C@H]1F)c1cccc(/C=C/c2ccc3ccc(Cl)cc3n2)c1. The summed E-state index contributed by atoms with van der Waals surface area (Å²) >= 11 is 7.79. The first-order chi connectivity index (χ1) is 20.0. The lowest BCUT2D eigenvalue weighted by Gasteiger charge is -2.24. The van der Waals surface area contributed by atoms with Crippen molar-refractivity contribution in [3.8, 4) is 0 Å². The Morgan fingerprint density at radius 1 is 1.12 bits per heavy atom. The fourth-order valence-corrected chi connectivity index (χ4v) is 7.18. The number of aliphatic carboxylic acids is 1. The van der Waals surface area contributed by atoms with Crippen molar-refractivity contribution in [2.75, 3.05) is 5.75 Å². The summed E-state index contributed by atoms with van der Waals surface area (Å²) in [5.41, 5.74) is 3.98. The van der Waals surface area contributed by atoms with E-state index in [0.717, 1.165) is 51.7 Å². The van der Waals surface area contributed by atoms with Gasteiger partial charge < -0.3 is 10.2 Å². The Morgan fingerprint density at radius 3 is 2.62 bits per heavy atom. The van der Waals surface area contributed by atoms with Gasteiger partial charge in [0.05, 0.1) is 23.2 Å². The van der Waals surface area contributed by atoms with E-state index in [2.05, 4.69) is 12.1 Å². The summed E-state index contributed by atoms with van der Waals surface area (Å²) < 4.78 is 14.4. The number of halogens is 2. The Kier molecular flexibility index (Phi) is 9.07. The summed E-state index contributed by atoms with van der Waals surface area (Å²) in [5, 5.41) is 21.8. The van der Waals surface area contributed by atoms with Crippen LogP contribution in [0.15, 0.2) is 78.9 Å². The van der Waals surface area contributed by atoms with E-state index in [1.54, 1.807) is 25.6 Å². The standard InChI is InChI=1S/C35H35ClFNO3S/c1-34(2,41)29-9-4-3-7-24(29)13-17-31(42-22-35(20-32(35)37)21-33(39)40)26-8-5-6-23(18-26)10-15-28-16-12-25-11-14-27(36)19-30(25)38-28/h3-12,14-16,18-19,31-32,41H,13,17,20-22H2,1-2H3,(H,39,40)/b15-10+/t31-,32-,35?/m1/s1. The van der Waals surface area contributed by atoms with Crippen molar-refractivity contribution < 1.29 is 19.4 Å². The van der Waals surface area contributed by atoms with Crippen molar-refractivity contribution in [3.05, 3.63) is 112 Å². The van der Waals surface area contributed by atoms with E-state index in [-0.39, 0.29) is 11.7 Å². The average Bonchev–Trinajstić information content (AvgIpc) is 3.58. The summed E-state index contributed by atoms with van der Waals surface area (Å²) in [6.07, 6.45) is 4.56. The highest BCUT2D eigenvalue weighted by atomic mass is 35.5. The van der Waals surface area contributed by atoms with Gasteiger partial charge in [-0.05, 0) is 79.6 Å². The molecule has 7 heteroatoms. The number of fused-ring (bicyclic) bond motifs is 1. The van der Waals surface area contributed by atoms with Gasteiger partial charge in [-0.3, -0.25) is 4.79 Å². The highest BCUT2D eigenvalue weighted by Gasteiger charge is 2.56. The van der Waals surface area contributed by atoms with E-state index in [1.165, 1.54) is 0 Å². The zero-order valence-electron chi connectivity index (χ0n) is 23.8. The van der Waals surface area contributed by atoms with Crippen LogP contribution in [-0.2, 0) is 16.8 Å². The molecule has 5 rings (SSSR count). The largest absolute Gasteiger partial charge is 0.481 e. The summed E-state index contributed by atoms with van der Waals surface area (Å²) in [5.74, 6) is -0.509. The second kappa shape index (κ2) is 12.6. The first kappa shape index (κ1) is 30.3. The second-order valence-corrected chi connectivity index (χ2v) is 13.4. The van der Waals surface area contributed by atoms with Crippen molar-refractivity contribution in [1.29, 1.82) is 0 Å². The van der Waals surface area contributed by atoms with Gasteiger partial charge in [0.15, 0.2) is 0 Å². The van der Waals surface area contributed by atoms with Gasteiger partial charge in [0.2, 0.25) is 0 Å². The molecular formula is C35H35ClFNO3S. The lowest BCUT2D eigenvalue weighted by Crippen LogP contribution is -2.18. The number of hydrogen-bond donors (Lipinski definition) is 2. The van der Waals surface area contributed by atoms with E-state index in [0.29, 0.717) is 17.2 Å². The first-order valence-corrected chi connectivity index (χ1v) is 15.6. The molecule has 1 fully saturated rings. The Balaban J connectivity index is 1.38. The molecule has 1 aliphatic carbocycles. The minimum atomic E-state index is -1.07. The third kappa shape index (κ3) is 7.41. The Morgan fingerprint density at radius 2 is 1.88 bits per heavy atom. The molecule has 1 heterocycles. The fourth-order valence-electron chi connectivity index (χ4n) is 5.46. The molecule has 3 aromatic carbocycles. The number of carboxylic acid groups (broad SMARTS) is 1. The third-order valence-electron chi connectivity index (χ3n) is 7.92. The third-order valence-corrected chi connectivity index (χ3v) is 9.81. The number of thioether (sulfide) groups is 1. The molecule has 1 unspecified atom stereocenters. The molecule has 0 bridgehead atoms. The van der Waals surface area contributed by atoms with Crippen molar-refractivity contribution in [2.45, 2.75) is 56.6 Å². The summed E-state index contributed by atoms with van der Waals surface area (Å²) in [7, 11) is 0. The number of pyridine rings is 1. The number of carboxylic acids is 1. The molecule has 2 N–H and O–H groups in total. The van der Waals surface area contributed by atoms with Crippen LogP contribution in [0.2, 0.25) is 5.02 Å². The van der Waals surface area contributed by atoms with Crippen molar-refractivity contribution >= 4 is 52.4 Å². The van der Waals surface area contributed by atoms with Crippen molar-refractivity contribution in [3.63, 3.8) is 0 Å². The minimum absolute atomic E-state index is 0.0209. The number of alkyl halides is 1. The van der Waals surface area contributed by atoms with Crippen molar-refractivity contribution in [2.24, 2.45) is 5.41 Å². The quantitative estimate of drug-likeness (QED) is 0.169. The van der Waals surface area contributed by atoms with Crippen LogP contribution >= 0.6 is 23.4 Å². The van der Waals surface area contributed by atoms with E-state index in [4.69, 9.17) is 16.6 Å². The van der Waals surface area contributed by atoms with E-state index in [1.807, 2.05) is 78.9 Å². The first-order valence-electron chi connectivity index (χ1n) is 14.1. The fraction of sp³-hybridized carbons (Fsp3) is 0.314.